The zero-order chi connectivity index (χ0) is 17.9. The molecule has 0 amide bonds. The molecule has 3 atom stereocenters. The summed E-state index contributed by atoms with van der Waals surface area (Å²) in [6, 6.07) is 6.55. The Balaban J connectivity index is 1.76. The van der Waals surface area contributed by atoms with Gasteiger partial charge in [-0.3, -0.25) is 0 Å². The number of aromatic amines is 1. The Hall–Kier alpha value is -1.41. The highest BCUT2D eigenvalue weighted by Crippen LogP contribution is 2.44. The number of benzene rings is 1. The fourth-order valence-corrected chi connectivity index (χ4v) is 6.18. The van der Waals surface area contributed by atoms with Gasteiger partial charge in [-0.1, -0.05) is 12.1 Å². The first-order valence-electron chi connectivity index (χ1n) is 8.87. The second kappa shape index (κ2) is 5.81. The van der Waals surface area contributed by atoms with Gasteiger partial charge in [0.25, 0.3) is 10.2 Å². The quantitative estimate of drug-likeness (QED) is 0.873. The van der Waals surface area contributed by atoms with Crippen molar-refractivity contribution in [1.82, 2.24) is 14.2 Å². The van der Waals surface area contributed by atoms with E-state index in [2.05, 4.69) is 41.3 Å². The maximum Gasteiger partial charge on any atom is 0.277 e. The van der Waals surface area contributed by atoms with Crippen LogP contribution in [0.25, 0.3) is 10.9 Å². The van der Waals surface area contributed by atoms with Crippen LogP contribution in [0.1, 0.15) is 37.3 Å². The van der Waals surface area contributed by atoms with Crippen molar-refractivity contribution in [2.24, 2.45) is 5.14 Å². The van der Waals surface area contributed by atoms with Gasteiger partial charge < -0.3 is 9.88 Å². The van der Waals surface area contributed by atoms with E-state index >= 15 is 0 Å². The lowest BCUT2D eigenvalue weighted by Crippen LogP contribution is -2.58. The van der Waals surface area contributed by atoms with E-state index in [9.17, 15) is 8.42 Å². The monoisotopic (exact) mass is 362 g/mol. The van der Waals surface area contributed by atoms with Gasteiger partial charge in [-0.2, -0.15) is 12.7 Å². The highest BCUT2D eigenvalue weighted by Gasteiger charge is 2.43. The highest BCUT2D eigenvalue weighted by atomic mass is 32.2. The molecule has 1 aromatic carbocycles. The van der Waals surface area contributed by atoms with E-state index in [0.717, 1.165) is 12.8 Å². The molecule has 1 unspecified atom stereocenters. The molecule has 0 bridgehead atoms. The number of hydrogen-bond acceptors (Lipinski definition) is 3. The summed E-state index contributed by atoms with van der Waals surface area (Å²) in [6.45, 7) is 4.50. The predicted molar refractivity (Wildman–Crippen MR) is 99.6 cm³/mol. The van der Waals surface area contributed by atoms with E-state index in [1.165, 1.54) is 26.3 Å². The fraction of sp³-hybridized carbons (Fsp3) is 0.556. The van der Waals surface area contributed by atoms with Crippen molar-refractivity contribution in [3.8, 4) is 0 Å². The van der Waals surface area contributed by atoms with Gasteiger partial charge in [0.15, 0.2) is 0 Å². The summed E-state index contributed by atoms with van der Waals surface area (Å²) in [5.74, 6) is 0.318. The molecule has 0 spiro atoms. The van der Waals surface area contributed by atoms with E-state index in [1.54, 1.807) is 0 Å². The zero-order valence-electron chi connectivity index (χ0n) is 14.9. The largest absolute Gasteiger partial charge is 0.361 e. The fourth-order valence-electron chi connectivity index (χ4n) is 5.02. The van der Waals surface area contributed by atoms with Crippen molar-refractivity contribution in [2.45, 2.75) is 50.7 Å². The molecule has 3 N–H and O–H groups in total. The molecule has 1 fully saturated rings. The van der Waals surface area contributed by atoms with Crippen molar-refractivity contribution in [2.75, 3.05) is 13.6 Å². The van der Waals surface area contributed by atoms with Gasteiger partial charge >= 0.3 is 0 Å². The smallest absolute Gasteiger partial charge is 0.277 e. The van der Waals surface area contributed by atoms with Crippen molar-refractivity contribution < 1.29 is 8.42 Å². The highest BCUT2D eigenvalue weighted by molar-refractivity contribution is 7.86. The molecular formula is C18H26N4O2S. The summed E-state index contributed by atoms with van der Waals surface area (Å²) in [7, 11) is -1.63. The Morgan fingerprint density at radius 2 is 2.12 bits per heavy atom. The number of nitrogens with two attached hydrogens (primary N) is 1. The van der Waals surface area contributed by atoms with Crippen molar-refractivity contribution in [3.63, 3.8) is 0 Å². The molecule has 7 heteroatoms. The van der Waals surface area contributed by atoms with Crippen LogP contribution in [-0.2, 0) is 16.6 Å². The van der Waals surface area contributed by atoms with Gasteiger partial charge in [0, 0.05) is 47.7 Å². The summed E-state index contributed by atoms with van der Waals surface area (Å²) in [4.78, 5) is 5.69. The number of nitrogens with zero attached hydrogens (tertiary/aromatic N) is 2. The molecule has 1 aromatic heterocycles. The molecule has 2 aliphatic rings. The molecule has 2 heterocycles. The Kier molecular flexibility index (Phi) is 3.95. The average Bonchev–Trinajstić information content (AvgIpc) is 2.91. The predicted octanol–water partition coefficient (Wildman–Crippen LogP) is 1.79. The van der Waals surface area contributed by atoms with Crippen LogP contribution in [-0.4, -0.2) is 54.3 Å². The second-order valence-electron chi connectivity index (χ2n) is 7.76. The van der Waals surface area contributed by atoms with Crippen molar-refractivity contribution in [3.05, 3.63) is 35.5 Å². The van der Waals surface area contributed by atoms with Gasteiger partial charge in [-0.25, -0.2) is 5.14 Å². The Labute approximate surface area is 149 Å². The van der Waals surface area contributed by atoms with Crippen LogP contribution in [0.4, 0.5) is 0 Å². The number of likely N-dealkylation sites (N-methyl/N-ethyl adjacent to an activating group) is 1. The van der Waals surface area contributed by atoms with Crippen LogP contribution in [0.2, 0.25) is 0 Å². The molecule has 0 radical (unpaired) electrons. The third kappa shape index (κ3) is 2.70. The first-order chi connectivity index (χ1) is 11.8. The zero-order valence-corrected chi connectivity index (χ0v) is 15.8. The topological polar surface area (TPSA) is 82.4 Å². The summed E-state index contributed by atoms with van der Waals surface area (Å²) in [6.07, 6.45) is 3.93. The van der Waals surface area contributed by atoms with E-state index in [0.29, 0.717) is 18.5 Å². The minimum atomic E-state index is -3.73. The van der Waals surface area contributed by atoms with Gasteiger partial charge in [0.1, 0.15) is 0 Å². The number of hydrogen-bond donors (Lipinski definition) is 2. The number of piperidine rings is 1. The number of aromatic nitrogens is 1. The van der Waals surface area contributed by atoms with Crippen LogP contribution in [0, 0.1) is 0 Å². The normalized spacial score (nSPS) is 27.2. The lowest BCUT2D eigenvalue weighted by Gasteiger charge is -2.48. The summed E-state index contributed by atoms with van der Waals surface area (Å²) >= 11 is 0. The van der Waals surface area contributed by atoms with E-state index < -0.39 is 10.2 Å². The maximum absolute atomic E-state index is 12.2. The van der Waals surface area contributed by atoms with Crippen LogP contribution in [0.5, 0.6) is 0 Å². The van der Waals surface area contributed by atoms with Crippen LogP contribution in [0.15, 0.2) is 24.4 Å². The summed E-state index contributed by atoms with van der Waals surface area (Å²) in [5.41, 5.74) is 3.87. The van der Waals surface area contributed by atoms with Crippen LogP contribution >= 0.6 is 0 Å². The lowest BCUT2D eigenvalue weighted by molar-refractivity contribution is 0.0868. The maximum atomic E-state index is 12.2. The van der Waals surface area contributed by atoms with Crippen LogP contribution < -0.4 is 5.14 Å². The molecule has 4 rings (SSSR count). The van der Waals surface area contributed by atoms with Gasteiger partial charge in [-0.05, 0) is 50.9 Å². The molecule has 1 aliphatic carbocycles. The molecule has 2 aromatic rings. The van der Waals surface area contributed by atoms with E-state index in [1.807, 2.05) is 13.8 Å². The molecule has 1 aliphatic heterocycles. The number of H-pyrrole nitrogens is 1. The van der Waals surface area contributed by atoms with Gasteiger partial charge in [0.2, 0.25) is 0 Å². The third-order valence-electron chi connectivity index (χ3n) is 5.87. The lowest BCUT2D eigenvalue weighted by atomic mass is 9.74. The van der Waals surface area contributed by atoms with Gasteiger partial charge in [0.05, 0.1) is 0 Å². The van der Waals surface area contributed by atoms with E-state index in [-0.39, 0.29) is 12.1 Å². The van der Waals surface area contributed by atoms with E-state index in [4.69, 9.17) is 5.14 Å². The number of rotatable bonds is 3. The molecule has 1 saturated heterocycles. The minimum absolute atomic E-state index is 0.100. The molecular weight excluding hydrogens is 336 g/mol. The number of fused-ring (bicyclic) bond motifs is 2. The number of likely N-dealkylation sites (tertiary alicyclic amines) is 1. The SMILES string of the molecule is CC(C)N(C1C[C@@H]2c3cccc4[nH]cc(c34)C[C@H]2N(C)C1)S(N)(=O)=O. The summed E-state index contributed by atoms with van der Waals surface area (Å²) in [5, 5.41) is 6.86. The average molecular weight is 362 g/mol. The molecule has 6 nitrogen and oxygen atoms in total. The van der Waals surface area contributed by atoms with Crippen LogP contribution in [0.3, 0.4) is 0 Å². The van der Waals surface area contributed by atoms with Crippen molar-refractivity contribution >= 4 is 21.1 Å². The minimum Gasteiger partial charge on any atom is -0.361 e. The second-order valence-corrected chi connectivity index (χ2v) is 9.21. The first-order valence-corrected chi connectivity index (χ1v) is 10.4. The Bertz CT molecular complexity index is 905. The first kappa shape index (κ1) is 17.0. The third-order valence-corrected chi connectivity index (χ3v) is 7.17. The standard InChI is InChI=1S/C18H26N4O2S/c1-11(2)22(25(19,23)24)13-8-15-14-5-4-6-16-18(14)12(9-20-16)7-17(15)21(3)10-13/h4-6,9,11,13,15,17,20H,7-8,10H2,1-3H3,(H2,19,23,24)/t13?,15-,17-/m1/s1. The molecule has 25 heavy (non-hydrogen) atoms. The number of nitrogens with one attached hydrogen (secondary N) is 1. The Morgan fingerprint density at radius 1 is 1.36 bits per heavy atom. The Morgan fingerprint density at radius 3 is 2.80 bits per heavy atom. The summed E-state index contributed by atoms with van der Waals surface area (Å²) < 4.78 is 25.8. The van der Waals surface area contributed by atoms with Gasteiger partial charge in [-0.15, -0.1) is 0 Å². The molecule has 136 valence electrons. The van der Waals surface area contributed by atoms with Crippen molar-refractivity contribution in [1.29, 1.82) is 0 Å². The molecule has 0 saturated carbocycles.